The highest BCUT2D eigenvalue weighted by Gasteiger charge is 2.28. The normalized spacial score (nSPS) is 15.8. The van der Waals surface area contributed by atoms with Crippen LogP contribution in [0.2, 0.25) is 8.67 Å². The molecular weight excluding hydrogens is 231 g/mol. The molecule has 0 N–H and O–H groups in total. The van der Waals surface area contributed by atoms with E-state index in [2.05, 4.69) is 0 Å². The van der Waals surface area contributed by atoms with Gasteiger partial charge in [0.25, 0.3) is 0 Å². The zero-order valence-corrected chi connectivity index (χ0v) is 8.88. The second kappa shape index (κ2) is 3.48. The van der Waals surface area contributed by atoms with E-state index >= 15 is 0 Å². The Hall–Kier alpha value is -0.250. The molecule has 2 rings (SSSR count). The molecule has 0 radical (unpaired) electrons. The highest BCUT2D eigenvalue weighted by atomic mass is 35.5. The van der Waals surface area contributed by atoms with Gasteiger partial charge in [0.1, 0.15) is 10.4 Å². The van der Waals surface area contributed by atoms with Gasteiger partial charge in [-0.25, -0.2) is 4.79 Å². The highest BCUT2D eigenvalue weighted by Crippen LogP contribution is 2.33. The van der Waals surface area contributed by atoms with Crippen molar-refractivity contribution in [1.29, 1.82) is 0 Å². The molecular formula is C8H6Cl2O2S. The van der Waals surface area contributed by atoms with Crippen molar-refractivity contribution in [1.82, 2.24) is 0 Å². The molecule has 0 aromatic carbocycles. The second-order valence-corrected chi connectivity index (χ2v) is 5.13. The molecule has 1 aromatic rings. The van der Waals surface area contributed by atoms with Crippen molar-refractivity contribution in [3.8, 4) is 0 Å². The Balaban J connectivity index is 2.13. The van der Waals surface area contributed by atoms with Crippen LogP contribution in [0.1, 0.15) is 23.2 Å². The number of carbonyl (C=O) groups is 1. The Morgan fingerprint density at radius 2 is 2.23 bits per heavy atom. The lowest BCUT2D eigenvalue weighted by molar-refractivity contribution is 0.0473. The van der Waals surface area contributed by atoms with E-state index in [0.717, 1.165) is 12.8 Å². The van der Waals surface area contributed by atoms with Gasteiger partial charge in [-0.2, -0.15) is 0 Å². The van der Waals surface area contributed by atoms with Crippen molar-refractivity contribution in [3.05, 3.63) is 20.3 Å². The van der Waals surface area contributed by atoms with Crippen molar-refractivity contribution in [3.63, 3.8) is 0 Å². The summed E-state index contributed by atoms with van der Waals surface area (Å²) >= 11 is 12.6. The molecule has 5 heteroatoms. The number of halogens is 2. The summed E-state index contributed by atoms with van der Waals surface area (Å²) in [7, 11) is 0. The fourth-order valence-electron chi connectivity index (χ4n) is 0.880. The van der Waals surface area contributed by atoms with E-state index in [1.54, 1.807) is 6.07 Å². The van der Waals surface area contributed by atoms with Gasteiger partial charge in [0.2, 0.25) is 0 Å². The molecule has 0 bridgehead atoms. The quantitative estimate of drug-likeness (QED) is 0.737. The predicted octanol–water partition coefficient (Wildman–Crippen LogP) is 3.37. The fraction of sp³-hybridized carbons (Fsp3) is 0.375. The topological polar surface area (TPSA) is 26.3 Å². The van der Waals surface area contributed by atoms with Crippen LogP contribution in [-0.2, 0) is 4.74 Å². The second-order valence-electron chi connectivity index (χ2n) is 2.84. The third-order valence-corrected chi connectivity index (χ3v) is 3.16. The third kappa shape index (κ3) is 2.16. The van der Waals surface area contributed by atoms with E-state index in [0.29, 0.717) is 14.2 Å². The first kappa shape index (κ1) is 9.31. The standard InChI is InChI=1S/C8H6Cl2O2S/c9-6-3-5(7(10)13-6)8(11)12-4-1-2-4/h3-4H,1-2H2. The monoisotopic (exact) mass is 236 g/mol. The van der Waals surface area contributed by atoms with Gasteiger partial charge >= 0.3 is 5.97 Å². The van der Waals surface area contributed by atoms with Crippen molar-refractivity contribution in [2.45, 2.75) is 18.9 Å². The number of thiophene rings is 1. The van der Waals surface area contributed by atoms with Crippen LogP contribution in [0.3, 0.4) is 0 Å². The minimum absolute atomic E-state index is 0.0993. The molecule has 2 nitrogen and oxygen atoms in total. The summed E-state index contributed by atoms with van der Waals surface area (Å²) < 4.78 is 5.97. The maximum Gasteiger partial charge on any atom is 0.340 e. The molecule has 1 heterocycles. The first-order valence-corrected chi connectivity index (χ1v) is 5.40. The first-order valence-electron chi connectivity index (χ1n) is 3.82. The van der Waals surface area contributed by atoms with Gasteiger partial charge in [-0.3, -0.25) is 0 Å². The van der Waals surface area contributed by atoms with E-state index in [4.69, 9.17) is 27.9 Å². The van der Waals surface area contributed by atoms with E-state index in [-0.39, 0.29) is 12.1 Å². The molecule has 0 unspecified atom stereocenters. The van der Waals surface area contributed by atoms with Gasteiger partial charge < -0.3 is 4.74 Å². The van der Waals surface area contributed by atoms with Crippen molar-refractivity contribution < 1.29 is 9.53 Å². The lowest BCUT2D eigenvalue weighted by Gasteiger charge is -1.99. The van der Waals surface area contributed by atoms with Crippen molar-refractivity contribution in [2.24, 2.45) is 0 Å². The Labute approximate surface area is 89.4 Å². The van der Waals surface area contributed by atoms with Crippen molar-refractivity contribution in [2.75, 3.05) is 0 Å². The summed E-state index contributed by atoms with van der Waals surface area (Å²) in [5, 5.41) is 0. The number of hydrogen-bond acceptors (Lipinski definition) is 3. The van der Waals surface area contributed by atoms with Crippen LogP contribution < -0.4 is 0 Å². The van der Waals surface area contributed by atoms with Crippen LogP contribution >= 0.6 is 34.5 Å². The number of ether oxygens (including phenoxy) is 1. The molecule has 13 heavy (non-hydrogen) atoms. The van der Waals surface area contributed by atoms with Gasteiger partial charge in [0.15, 0.2) is 0 Å². The maximum atomic E-state index is 11.4. The summed E-state index contributed by atoms with van der Waals surface area (Å²) in [5.74, 6) is -0.365. The highest BCUT2D eigenvalue weighted by molar-refractivity contribution is 7.20. The van der Waals surface area contributed by atoms with Gasteiger partial charge in [-0.1, -0.05) is 23.2 Å². The molecule has 1 aromatic heterocycles. The van der Waals surface area contributed by atoms with Crippen LogP contribution in [-0.4, -0.2) is 12.1 Å². The van der Waals surface area contributed by atoms with Gasteiger partial charge in [-0.15, -0.1) is 11.3 Å². The van der Waals surface area contributed by atoms with Crippen LogP contribution in [0, 0.1) is 0 Å². The molecule has 0 spiro atoms. The zero-order chi connectivity index (χ0) is 9.42. The van der Waals surface area contributed by atoms with Crippen LogP contribution in [0.25, 0.3) is 0 Å². The average molecular weight is 237 g/mol. The third-order valence-electron chi connectivity index (χ3n) is 1.67. The van der Waals surface area contributed by atoms with Gasteiger partial charge in [0.05, 0.1) is 9.90 Å². The number of hydrogen-bond donors (Lipinski definition) is 0. The van der Waals surface area contributed by atoms with E-state index < -0.39 is 0 Å². The number of esters is 1. The summed E-state index contributed by atoms with van der Waals surface area (Å²) in [4.78, 5) is 11.4. The van der Waals surface area contributed by atoms with Crippen LogP contribution in [0.5, 0.6) is 0 Å². The van der Waals surface area contributed by atoms with E-state index in [9.17, 15) is 4.79 Å². The Morgan fingerprint density at radius 3 is 2.69 bits per heavy atom. The van der Waals surface area contributed by atoms with E-state index in [1.165, 1.54) is 11.3 Å². The number of rotatable bonds is 2. The molecule has 1 fully saturated rings. The molecule has 70 valence electrons. The number of carbonyl (C=O) groups excluding carboxylic acids is 1. The first-order chi connectivity index (χ1) is 6.16. The lowest BCUT2D eigenvalue weighted by Crippen LogP contribution is -2.05. The molecule has 1 saturated carbocycles. The van der Waals surface area contributed by atoms with Gasteiger partial charge in [-0.05, 0) is 18.9 Å². The lowest BCUT2D eigenvalue weighted by atomic mass is 10.3. The molecule has 1 aliphatic carbocycles. The molecule has 0 aliphatic heterocycles. The Kier molecular flexibility index (Phi) is 2.49. The molecule has 1 aliphatic rings. The summed E-state index contributed by atoms with van der Waals surface area (Å²) in [6.45, 7) is 0. The zero-order valence-electron chi connectivity index (χ0n) is 6.55. The van der Waals surface area contributed by atoms with Crippen LogP contribution in [0.15, 0.2) is 6.07 Å². The Morgan fingerprint density at radius 1 is 1.54 bits per heavy atom. The smallest absolute Gasteiger partial charge is 0.340 e. The van der Waals surface area contributed by atoms with Crippen LogP contribution in [0.4, 0.5) is 0 Å². The summed E-state index contributed by atoms with van der Waals surface area (Å²) in [6.07, 6.45) is 2.02. The molecule has 0 amide bonds. The maximum absolute atomic E-state index is 11.4. The molecule has 0 saturated heterocycles. The largest absolute Gasteiger partial charge is 0.459 e. The predicted molar refractivity (Wildman–Crippen MR) is 52.8 cm³/mol. The summed E-state index contributed by atoms with van der Waals surface area (Å²) in [5.41, 5.74) is 0.378. The minimum atomic E-state index is -0.365. The molecule has 0 atom stereocenters. The average Bonchev–Trinajstić information content (AvgIpc) is 2.77. The SMILES string of the molecule is O=C(OC1CC1)c1cc(Cl)sc1Cl. The van der Waals surface area contributed by atoms with Crippen molar-refractivity contribution >= 4 is 40.5 Å². The minimum Gasteiger partial charge on any atom is -0.459 e. The Bertz CT molecular complexity index is 344. The fourth-order valence-corrected chi connectivity index (χ4v) is 2.32. The van der Waals surface area contributed by atoms with E-state index in [1.807, 2.05) is 0 Å². The summed E-state index contributed by atoms with van der Waals surface area (Å²) in [6, 6.07) is 1.54. The van der Waals surface area contributed by atoms with Gasteiger partial charge in [0, 0.05) is 0 Å².